The molecule has 0 unspecified atom stereocenters. The number of sulfonamides is 1. The van der Waals surface area contributed by atoms with Crippen molar-refractivity contribution in [3.63, 3.8) is 0 Å². The first kappa shape index (κ1) is 30.8. The molecule has 0 aliphatic heterocycles. The predicted molar refractivity (Wildman–Crippen MR) is 137 cm³/mol. The fraction of sp³-hybridized carbons (Fsp3) is 0.680. The summed E-state index contributed by atoms with van der Waals surface area (Å²) in [6.07, 6.45) is 6.47. The zero-order valence-electron chi connectivity index (χ0n) is 22.4. The van der Waals surface area contributed by atoms with Crippen molar-refractivity contribution in [1.82, 2.24) is 24.9 Å². The van der Waals surface area contributed by atoms with Gasteiger partial charge in [0.1, 0.15) is 6.10 Å². The Morgan fingerprint density at radius 2 is 1.65 bits per heavy atom. The van der Waals surface area contributed by atoms with Crippen molar-refractivity contribution in [3.05, 3.63) is 29.8 Å². The van der Waals surface area contributed by atoms with Gasteiger partial charge in [-0.2, -0.15) is 4.80 Å². The molecule has 0 radical (unpaired) electrons. The molecule has 208 valence electrons. The van der Waals surface area contributed by atoms with E-state index in [0.29, 0.717) is 5.56 Å². The highest BCUT2D eigenvalue weighted by Gasteiger charge is 2.35. The fourth-order valence-electron chi connectivity index (χ4n) is 3.30. The molecule has 1 N–H and O–H groups in total. The van der Waals surface area contributed by atoms with Crippen molar-refractivity contribution in [2.75, 3.05) is 0 Å². The minimum absolute atomic E-state index is 0.0237. The molecule has 1 aromatic carbocycles. The number of benzene rings is 1. The van der Waals surface area contributed by atoms with Gasteiger partial charge in [0.15, 0.2) is 11.6 Å². The van der Waals surface area contributed by atoms with Gasteiger partial charge >= 0.3 is 5.97 Å². The Morgan fingerprint density at radius 1 is 1.03 bits per heavy atom. The minimum atomic E-state index is -2.94. The van der Waals surface area contributed by atoms with Crippen LogP contribution >= 0.6 is 0 Å². The van der Waals surface area contributed by atoms with Gasteiger partial charge in [-0.3, -0.25) is 4.79 Å². The minimum Gasteiger partial charge on any atom is -0.462 e. The number of aromatic nitrogens is 4. The van der Waals surface area contributed by atoms with Gasteiger partial charge in [0.25, 0.3) is 0 Å². The Hall–Kier alpha value is -2.47. The zero-order valence-corrected chi connectivity index (χ0v) is 23.3. The van der Waals surface area contributed by atoms with Gasteiger partial charge in [0, 0.05) is 11.6 Å². The van der Waals surface area contributed by atoms with Crippen LogP contribution in [-0.4, -0.2) is 52.0 Å². The van der Waals surface area contributed by atoms with Gasteiger partial charge < -0.3 is 4.74 Å². The number of tetrazole rings is 1. The number of ether oxygens (including phenoxy) is 1. The molecule has 0 bridgehead atoms. The third kappa shape index (κ3) is 10.4. The number of nitrogens with one attached hydrogen (secondary N) is 1. The molecule has 2 aliphatic rings. The SMILES string of the molecule is CC(C)C(=O)OC1CCCC1.CC(C)NS(=O)(=O)C1CC1.CC(C)n1nnc(-c2ccc(F)c(F)c2)n1. The third-order valence-electron chi connectivity index (χ3n) is 5.49. The first-order valence-corrected chi connectivity index (χ1v) is 14.3. The second kappa shape index (κ2) is 13.9. The summed E-state index contributed by atoms with van der Waals surface area (Å²) in [4.78, 5) is 12.5. The lowest BCUT2D eigenvalue weighted by molar-refractivity contribution is -0.152. The summed E-state index contributed by atoms with van der Waals surface area (Å²) in [6.45, 7) is 11.2. The monoisotopic (exact) mass is 543 g/mol. The van der Waals surface area contributed by atoms with Crippen LogP contribution in [0.25, 0.3) is 11.4 Å². The molecule has 2 aromatic rings. The van der Waals surface area contributed by atoms with Crippen LogP contribution in [0.4, 0.5) is 8.78 Å². The molecule has 0 spiro atoms. The lowest BCUT2D eigenvalue weighted by atomic mass is 10.2. The van der Waals surface area contributed by atoms with Crippen molar-refractivity contribution in [2.45, 2.75) is 104 Å². The summed E-state index contributed by atoms with van der Waals surface area (Å²) in [5.74, 6) is -1.54. The van der Waals surface area contributed by atoms with E-state index in [1.165, 1.54) is 23.7 Å². The summed E-state index contributed by atoms with van der Waals surface area (Å²) in [5.41, 5.74) is 0.408. The molecule has 2 aliphatic carbocycles. The number of esters is 1. The van der Waals surface area contributed by atoms with Gasteiger partial charge in [-0.15, -0.1) is 10.2 Å². The Kier molecular flexibility index (Phi) is 11.5. The van der Waals surface area contributed by atoms with E-state index in [9.17, 15) is 22.0 Å². The smallest absolute Gasteiger partial charge is 0.308 e. The molecule has 2 saturated carbocycles. The summed E-state index contributed by atoms with van der Waals surface area (Å²) in [5, 5.41) is 11.5. The Balaban J connectivity index is 0.000000203. The Morgan fingerprint density at radius 3 is 2.11 bits per heavy atom. The largest absolute Gasteiger partial charge is 0.462 e. The first-order valence-electron chi connectivity index (χ1n) is 12.8. The predicted octanol–water partition coefficient (Wildman–Crippen LogP) is 4.80. The maximum atomic E-state index is 13.0. The van der Waals surface area contributed by atoms with E-state index in [-0.39, 0.29) is 41.1 Å². The molecule has 1 heterocycles. The van der Waals surface area contributed by atoms with Gasteiger partial charge in [-0.1, -0.05) is 13.8 Å². The zero-order chi connectivity index (χ0) is 27.8. The summed E-state index contributed by atoms with van der Waals surface area (Å²) in [6, 6.07) is 3.62. The number of nitrogens with zero attached hydrogens (tertiary/aromatic N) is 4. The molecule has 9 nitrogen and oxygen atoms in total. The number of hydrogen-bond acceptors (Lipinski definition) is 7. The second-order valence-electron chi connectivity index (χ2n) is 10.2. The number of hydrogen-bond donors (Lipinski definition) is 1. The van der Waals surface area contributed by atoms with E-state index in [0.717, 1.165) is 37.8 Å². The van der Waals surface area contributed by atoms with E-state index in [4.69, 9.17) is 4.74 Å². The van der Waals surface area contributed by atoms with E-state index < -0.39 is 21.7 Å². The molecule has 12 heteroatoms. The van der Waals surface area contributed by atoms with Crippen LogP contribution in [0.5, 0.6) is 0 Å². The topological polar surface area (TPSA) is 116 Å². The summed E-state index contributed by atoms with van der Waals surface area (Å²) < 4.78 is 55.7. The van der Waals surface area contributed by atoms with Crippen molar-refractivity contribution in [1.29, 1.82) is 0 Å². The van der Waals surface area contributed by atoms with Crippen LogP contribution in [0.2, 0.25) is 0 Å². The van der Waals surface area contributed by atoms with Crippen LogP contribution < -0.4 is 4.72 Å². The lowest BCUT2D eigenvalue weighted by Gasteiger charge is -2.12. The van der Waals surface area contributed by atoms with Crippen molar-refractivity contribution in [2.24, 2.45) is 5.92 Å². The van der Waals surface area contributed by atoms with E-state index in [2.05, 4.69) is 20.1 Å². The molecule has 0 atom stereocenters. The quantitative estimate of drug-likeness (QED) is 0.499. The van der Waals surface area contributed by atoms with Crippen LogP contribution in [0.3, 0.4) is 0 Å². The van der Waals surface area contributed by atoms with Crippen molar-refractivity contribution in [3.8, 4) is 11.4 Å². The Labute approximate surface area is 218 Å². The number of halogens is 2. The van der Waals surface area contributed by atoms with E-state index >= 15 is 0 Å². The average molecular weight is 544 g/mol. The number of carbonyl (C=O) groups is 1. The van der Waals surface area contributed by atoms with Crippen LogP contribution in [0.1, 0.15) is 86.1 Å². The normalized spacial score (nSPS) is 15.9. The number of rotatable bonds is 7. The molecule has 1 aromatic heterocycles. The molecule has 37 heavy (non-hydrogen) atoms. The second-order valence-corrected chi connectivity index (χ2v) is 12.2. The maximum Gasteiger partial charge on any atom is 0.308 e. The lowest BCUT2D eigenvalue weighted by Crippen LogP contribution is -2.32. The van der Waals surface area contributed by atoms with Gasteiger partial charge in [-0.25, -0.2) is 21.9 Å². The van der Waals surface area contributed by atoms with Crippen molar-refractivity contribution < 1.29 is 26.7 Å². The maximum absolute atomic E-state index is 13.0. The highest BCUT2D eigenvalue weighted by atomic mass is 32.2. The van der Waals surface area contributed by atoms with E-state index in [1.54, 1.807) is 0 Å². The van der Waals surface area contributed by atoms with Gasteiger partial charge in [0.05, 0.1) is 17.2 Å². The molecular formula is C25H39F2N5O4S. The summed E-state index contributed by atoms with van der Waals surface area (Å²) >= 11 is 0. The van der Waals surface area contributed by atoms with Gasteiger partial charge in [-0.05, 0) is 89.6 Å². The van der Waals surface area contributed by atoms with Crippen LogP contribution in [-0.2, 0) is 19.6 Å². The van der Waals surface area contributed by atoms with Crippen LogP contribution in [0, 0.1) is 17.6 Å². The highest BCUT2D eigenvalue weighted by Crippen LogP contribution is 2.27. The third-order valence-corrected chi connectivity index (χ3v) is 7.64. The van der Waals surface area contributed by atoms with Crippen molar-refractivity contribution >= 4 is 16.0 Å². The standard InChI is InChI=1S/C10H10F2N4.C9H16O2.C6H13NO2S/c1-6(2)16-14-10(13-15-16)7-3-4-8(11)9(12)5-7;1-7(2)9(10)11-8-5-3-4-6-8;1-5(2)7-10(8,9)6-3-4-6/h3-6H,1-2H3;7-8H,3-6H2,1-2H3;5-7H,3-4H2,1-2H3. The molecular weight excluding hydrogens is 504 g/mol. The molecule has 0 amide bonds. The van der Waals surface area contributed by atoms with E-state index in [1.807, 2.05) is 41.5 Å². The Bertz CT molecular complexity index is 1110. The molecule has 0 saturated heterocycles. The molecule has 4 rings (SSSR count). The summed E-state index contributed by atoms with van der Waals surface area (Å²) in [7, 11) is -2.94. The fourth-order valence-corrected chi connectivity index (χ4v) is 4.91. The molecule has 2 fully saturated rings. The average Bonchev–Trinajstić information content (AvgIpc) is 3.34. The van der Waals surface area contributed by atoms with Crippen LogP contribution in [0.15, 0.2) is 18.2 Å². The first-order chi connectivity index (χ1) is 17.3. The van der Waals surface area contributed by atoms with Gasteiger partial charge in [0.2, 0.25) is 15.8 Å². The highest BCUT2D eigenvalue weighted by molar-refractivity contribution is 7.90. The number of carbonyl (C=O) groups excluding carboxylic acids is 1.